The van der Waals surface area contributed by atoms with Gasteiger partial charge < -0.3 is 14.7 Å². The molecular weight excluding hydrogens is 308 g/mol. The molecule has 2 aromatic rings. The molecule has 1 saturated heterocycles. The summed E-state index contributed by atoms with van der Waals surface area (Å²) >= 11 is 0. The lowest BCUT2D eigenvalue weighted by Crippen LogP contribution is -2.53. The third-order valence-electron chi connectivity index (χ3n) is 4.24. The van der Waals surface area contributed by atoms with E-state index < -0.39 is 12.0 Å². The van der Waals surface area contributed by atoms with E-state index >= 15 is 0 Å². The molecule has 1 fully saturated rings. The average molecular weight is 328 g/mol. The Labute approximate surface area is 140 Å². The Kier molecular flexibility index (Phi) is 4.66. The lowest BCUT2D eigenvalue weighted by Gasteiger charge is -2.35. The van der Waals surface area contributed by atoms with Gasteiger partial charge in [-0.05, 0) is 29.8 Å². The number of nitrogens with zero attached hydrogens (tertiary/aromatic N) is 2. The maximum Gasteiger partial charge on any atom is 0.326 e. The summed E-state index contributed by atoms with van der Waals surface area (Å²) in [5, 5.41) is 11.4. The number of benzene rings is 2. The van der Waals surface area contributed by atoms with Crippen molar-refractivity contribution in [1.29, 1.82) is 0 Å². The van der Waals surface area contributed by atoms with Crippen LogP contribution in [0.3, 0.4) is 0 Å². The standard InChI is InChI=1S/C18H20N2O4/c1-13(17(21)22)20(18(23)19-8-10-24-11-9-19)16-7-6-14-4-2-3-5-15(14)12-16/h2-7,12-13H,8-11H2,1H3,(H,21,22)/t13-/m0/s1. The summed E-state index contributed by atoms with van der Waals surface area (Å²) in [4.78, 5) is 27.4. The summed E-state index contributed by atoms with van der Waals surface area (Å²) in [6, 6.07) is 12.1. The molecule has 2 aromatic carbocycles. The number of ether oxygens (including phenoxy) is 1. The fourth-order valence-electron chi connectivity index (χ4n) is 2.84. The number of amides is 2. The molecule has 24 heavy (non-hydrogen) atoms. The van der Waals surface area contributed by atoms with Crippen LogP contribution in [0.4, 0.5) is 10.5 Å². The highest BCUT2D eigenvalue weighted by Crippen LogP contribution is 2.25. The Hall–Kier alpha value is -2.60. The van der Waals surface area contributed by atoms with Crippen molar-refractivity contribution in [3.8, 4) is 0 Å². The van der Waals surface area contributed by atoms with E-state index in [1.165, 1.54) is 11.8 Å². The van der Waals surface area contributed by atoms with Crippen LogP contribution in [0.2, 0.25) is 0 Å². The number of fused-ring (bicyclic) bond motifs is 1. The normalized spacial score (nSPS) is 16.0. The summed E-state index contributed by atoms with van der Waals surface area (Å²) in [6.07, 6.45) is 0. The molecule has 126 valence electrons. The van der Waals surface area contributed by atoms with Crippen LogP contribution < -0.4 is 4.90 Å². The van der Waals surface area contributed by atoms with Crippen LogP contribution in [-0.4, -0.2) is 54.4 Å². The topological polar surface area (TPSA) is 70.1 Å². The molecule has 3 rings (SSSR count). The first-order valence-corrected chi connectivity index (χ1v) is 7.95. The second-order valence-electron chi connectivity index (χ2n) is 5.80. The predicted octanol–water partition coefficient (Wildman–Crippen LogP) is 2.57. The minimum Gasteiger partial charge on any atom is -0.480 e. The largest absolute Gasteiger partial charge is 0.480 e. The van der Waals surface area contributed by atoms with Gasteiger partial charge in [-0.2, -0.15) is 0 Å². The number of carbonyl (C=O) groups is 2. The maximum absolute atomic E-state index is 12.9. The van der Waals surface area contributed by atoms with Crippen molar-refractivity contribution in [2.45, 2.75) is 13.0 Å². The highest BCUT2D eigenvalue weighted by Gasteiger charge is 2.31. The van der Waals surface area contributed by atoms with Crippen molar-refractivity contribution in [3.05, 3.63) is 42.5 Å². The molecular formula is C18H20N2O4. The Balaban J connectivity index is 1.99. The van der Waals surface area contributed by atoms with Crippen LogP contribution in [0.1, 0.15) is 6.92 Å². The molecule has 6 nitrogen and oxygen atoms in total. The molecule has 0 saturated carbocycles. The van der Waals surface area contributed by atoms with E-state index in [1.807, 2.05) is 36.4 Å². The first kappa shape index (κ1) is 16.3. The van der Waals surface area contributed by atoms with Crippen molar-refractivity contribution >= 4 is 28.5 Å². The number of rotatable bonds is 3. The molecule has 2 amide bonds. The van der Waals surface area contributed by atoms with Crippen LogP contribution in [0.15, 0.2) is 42.5 Å². The third-order valence-corrected chi connectivity index (χ3v) is 4.24. The molecule has 1 N–H and O–H groups in total. The monoisotopic (exact) mass is 328 g/mol. The summed E-state index contributed by atoms with van der Waals surface area (Å²) in [6.45, 7) is 3.40. The molecule has 1 aliphatic heterocycles. The van der Waals surface area contributed by atoms with Gasteiger partial charge in [0.15, 0.2) is 0 Å². The fourth-order valence-corrected chi connectivity index (χ4v) is 2.84. The summed E-state index contributed by atoms with van der Waals surface area (Å²) < 4.78 is 5.27. The van der Waals surface area contributed by atoms with Gasteiger partial charge in [-0.15, -0.1) is 0 Å². The Morgan fingerprint density at radius 3 is 2.46 bits per heavy atom. The van der Waals surface area contributed by atoms with Crippen LogP contribution in [-0.2, 0) is 9.53 Å². The van der Waals surface area contributed by atoms with E-state index in [9.17, 15) is 14.7 Å². The van der Waals surface area contributed by atoms with Crippen molar-refractivity contribution in [2.24, 2.45) is 0 Å². The van der Waals surface area contributed by atoms with Gasteiger partial charge in [0.05, 0.1) is 13.2 Å². The molecule has 6 heteroatoms. The van der Waals surface area contributed by atoms with Crippen LogP contribution in [0, 0.1) is 0 Å². The van der Waals surface area contributed by atoms with Gasteiger partial charge in [0, 0.05) is 18.8 Å². The van der Waals surface area contributed by atoms with Crippen LogP contribution in [0.5, 0.6) is 0 Å². The average Bonchev–Trinajstić information content (AvgIpc) is 2.62. The number of hydrogen-bond acceptors (Lipinski definition) is 3. The summed E-state index contributed by atoms with van der Waals surface area (Å²) in [5.74, 6) is -1.04. The lowest BCUT2D eigenvalue weighted by atomic mass is 10.1. The van der Waals surface area contributed by atoms with E-state index in [-0.39, 0.29) is 6.03 Å². The minimum absolute atomic E-state index is 0.302. The zero-order chi connectivity index (χ0) is 17.1. The molecule has 1 heterocycles. The number of urea groups is 1. The number of morpholine rings is 1. The number of carboxylic acids is 1. The second kappa shape index (κ2) is 6.88. The lowest BCUT2D eigenvalue weighted by molar-refractivity contribution is -0.138. The number of anilines is 1. The van der Waals surface area contributed by atoms with E-state index in [4.69, 9.17) is 4.74 Å². The third kappa shape index (κ3) is 3.19. The predicted molar refractivity (Wildman–Crippen MR) is 91.3 cm³/mol. The van der Waals surface area contributed by atoms with Gasteiger partial charge in [0.25, 0.3) is 0 Å². The van der Waals surface area contributed by atoms with Crippen molar-refractivity contribution in [1.82, 2.24) is 4.90 Å². The molecule has 0 spiro atoms. The van der Waals surface area contributed by atoms with Gasteiger partial charge in [0.2, 0.25) is 0 Å². The van der Waals surface area contributed by atoms with Gasteiger partial charge in [0.1, 0.15) is 6.04 Å². The SMILES string of the molecule is C[C@@H](C(=O)O)N(C(=O)N1CCOCC1)c1ccc2ccccc2c1. The van der Waals surface area contributed by atoms with Gasteiger partial charge >= 0.3 is 12.0 Å². The van der Waals surface area contributed by atoms with Gasteiger partial charge in [-0.25, -0.2) is 9.59 Å². The Bertz CT molecular complexity index is 756. The van der Waals surface area contributed by atoms with Crippen molar-refractivity contribution < 1.29 is 19.4 Å². The van der Waals surface area contributed by atoms with E-state index in [1.54, 1.807) is 11.0 Å². The van der Waals surface area contributed by atoms with Crippen LogP contribution in [0.25, 0.3) is 10.8 Å². The number of carbonyl (C=O) groups excluding carboxylic acids is 1. The molecule has 1 atom stereocenters. The number of carboxylic acid groups (broad SMARTS) is 1. The molecule has 0 aliphatic carbocycles. The zero-order valence-electron chi connectivity index (χ0n) is 13.5. The fraction of sp³-hybridized carbons (Fsp3) is 0.333. The highest BCUT2D eigenvalue weighted by molar-refractivity contribution is 6.00. The molecule has 0 bridgehead atoms. The minimum atomic E-state index is -1.04. The smallest absolute Gasteiger partial charge is 0.326 e. The maximum atomic E-state index is 12.9. The van der Waals surface area contributed by atoms with E-state index in [0.717, 1.165) is 10.8 Å². The van der Waals surface area contributed by atoms with Crippen molar-refractivity contribution in [3.63, 3.8) is 0 Å². The van der Waals surface area contributed by atoms with Gasteiger partial charge in [-0.1, -0.05) is 30.3 Å². The summed E-state index contributed by atoms with van der Waals surface area (Å²) in [5.41, 5.74) is 0.583. The molecule has 0 radical (unpaired) electrons. The zero-order valence-corrected chi connectivity index (χ0v) is 13.5. The highest BCUT2D eigenvalue weighted by atomic mass is 16.5. The Morgan fingerprint density at radius 1 is 1.12 bits per heavy atom. The molecule has 0 unspecified atom stereocenters. The number of aliphatic carboxylic acids is 1. The van der Waals surface area contributed by atoms with Crippen molar-refractivity contribution in [2.75, 3.05) is 31.2 Å². The summed E-state index contributed by atoms with van der Waals surface area (Å²) in [7, 11) is 0. The first-order chi connectivity index (χ1) is 11.6. The molecule has 1 aliphatic rings. The quantitative estimate of drug-likeness (QED) is 0.940. The number of hydrogen-bond donors (Lipinski definition) is 1. The van der Waals surface area contributed by atoms with E-state index in [0.29, 0.717) is 32.0 Å². The molecule has 0 aromatic heterocycles. The Morgan fingerprint density at radius 2 is 1.79 bits per heavy atom. The van der Waals surface area contributed by atoms with E-state index in [2.05, 4.69) is 0 Å². The van der Waals surface area contributed by atoms with Gasteiger partial charge in [-0.3, -0.25) is 4.90 Å². The second-order valence-corrected chi connectivity index (χ2v) is 5.80. The first-order valence-electron chi connectivity index (χ1n) is 7.95. The van der Waals surface area contributed by atoms with Crippen LogP contribution >= 0.6 is 0 Å².